The minimum atomic E-state index is -0.696. The molecule has 2 aromatic rings. The molecule has 23 heavy (non-hydrogen) atoms. The Morgan fingerprint density at radius 3 is 2.43 bits per heavy atom. The van der Waals surface area contributed by atoms with Crippen LogP contribution in [0.15, 0.2) is 59.6 Å². The molecule has 0 saturated heterocycles. The highest BCUT2D eigenvalue weighted by molar-refractivity contribution is 5.79. The van der Waals surface area contributed by atoms with Crippen LogP contribution in [0, 0.1) is 0 Å². The van der Waals surface area contributed by atoms with Gasteiger partial charge in [0.2, 0.25) is 0 Å². The van der Waals surface area contributed by atoms with E-state index in [1.165, 1.54) is 0 Å². The van der Waals surface area contributed by atoms with E-state index in [0.717, 1.165) is 11.1 Å². The number of carbonyl (C=O) groups excluding carboxylic acids is 1. The van der Waals surface area contributed by atoms with E-state index in [9.17, 15) is 4.79 Å². The molecule has 6 heteroatoms. The van der Waals surface area contributed by atoms with Crippen LogP contribution in [-0.4, -0.2) is 18.0 Å². The van der Waals surface area contributed by atoms with Crippen LogP contribution in [0.4, 0.5) is 5.69 Å². The minimum absolute atomic E-state index is 0.0240. The predicted octanol–water partition coefficient (Wildman–Crippen LogP) is 1.20. The summed E-state index contributed by atoms with van der Waals surface area (Å²) in [5, 5.41) is 0. The first kappa shape index (κ1) is 16.5. The maximum absolute atomic E-state index is 12.0. The van der Waals surface area contributed by atoms with Crippen molar-refractivity contribution in [3.05, 3.63) is 65.7 Å². The molecule has 0 heterocycles. The van der Waals surface area contributed by atoms with Gasteiger partial charge in [-0.15, -0.1) is 0 Å². The smallest absolute Gasteiger partial charge is 0.323 e. The molecule has 0 unspecified atom stereocenters. The van der Waals surface area contributed by atoms with Gasteiger partial charge in [-0.25, -0.2) is 4.99 Å². The summed E-state index contributed by atoms with van der Waals surface area (Å²) >= 11 is 0. The Kier molecular flexibility index (Phi) is 5.71. The summed E-state index contributed by atoms with van der Waals surface area (Å²) in [4.78, 5) is 15.9. The third-order valence-corrected chi connectivity index (χ3v) is 3.15. The lowest BCUT2D eigenvalue weighted by molar-refractivity contribution is -0.146. The average Bonchev–Trinajstić information content (AvgIpc) is 2.53. The zero-order valence-electron chi connectivity index (χ0n) is 12.7. The van der Waals surface area contributed by atoms with Gasteiger partial charge in [-0.2, -0.15) is 0 Å². The fraction of sp³-hybridized carbons (Fsp3) is 0.176. The molecule has 0 bridgehead atoms. The highest BCUT2D eigenvalue weighted by Gasteiger charge is 2.15. The minimum Gasteiger partial charge on any atom is -0.460 e. The molecule has 1 atom stereocenters. The van der Waals surface area contributed by atoms with E-state index in [4.69, 9.17) is 21.9 Å². The van der Waals surface area contributed by atoms with E-state index in [2.05, 4.69) is 4.99 Å². The van der Waals surface area contributed by atoms with Crippen LogP contribution in [0.3, 0.4) is 0 Å². The van der Waals surface area contributed by atoms with Crippen molar-refractivity contribution in [3.63, 3.8) is 0 Å². The second-order valence-corrected chi connectivity index (χ2v) is 5.11. The van der Waals surface area contributed by atoms with Gasteiger partial charge in [0.15, 0.2) is 5.96 Å². The number of nitrogens with zero attached hydrogens (tertiary/aromatic N) is 1. The number of hydrogen-bond acceptors (Lipinski definition) is 4. The summed E-state index contributed by atoms with van der Waals surface area (Å²) in [7, 11) is 0. The first-order valence-corrected chi connectivity index (χ1v) is 7.19. The van der Waals surface area contributed by atoms with Crippen LogP contribution in [0.2, 0.25) is 0 Å². The molecule has 0 aliphatic rings. The monoisotopic (exact) mass is 312 g/mol. The van der Waals surface area contributed by atoms with E-state index in [-0.39, 0.29) is 12.6 Å². The third kappa shape index (κ3) is 5.44. The normalized spacial score (nSPS) is 11.5. The number of nitrogens with two attached hydrogens (primary N) is 3. The quantitative estimate of drug-likeness (QED) is 0.421. The molecule has 0 aliphatic heterocycles. The highest BCUT2D eigenvalue weighted by atomic mass is 16.5. The Morgan fingerprint density at radius 1 is 1.04 bits per heavy atom. The average molecular weight is 312 g/mol. The number of rotatable bonds is 6. The Balaban J connectivity index is 1.90. The Labute approximate surface area is 135 Å². The molecule has 0 fully saturated rings. The second-order valence-electron chi connectivity index (χ2n) is 5.11. The summed E-state index contributed by atoms with van der Waals surface area (Å²) < 4.78 is 5.25. The van der Waals surface area contributed by atoms with E-state index < -0.39 is 12.0 Å². The third-order valence-electron chi connectivity index (χ3n) is 3.15. The Bertz CT molecular complexity index is 682. The van der Waals surface area contributed by atoms with E-state index >= 15 is 0 Å². The molecule has 2 rings (SSSR count). The van der Waals surface area contributed by atoms with Gasteiger partial charge in [0.1, 0.15) is 12.6 Å². The van der Waals surface area contributed by atoms with Crippen LogP contribution in [0.5, 0.6) is 0 Å². The van der Waals surface area contributed by atoms with Crippen LogP contribution in [0.1, 0.15) is 11.1 Å². The van der Waals surface area contributed by atoms with E-state index in [1.54, 1.807) is 18.2 Å². The molecule has 0 aromatic heterocycles. The molecule has 6 nitrogen and oxygen atoms in total. The summed E-state index contributed by atoms with van der Waals surface area (Å²) in [5.41, 5.74) is 18.9. The molecule has 0 spiro atoms. The molecule has 6 N–H and O–H groups in total. The molecular formula is C17H20N4O2. The van der Waals surface area contributed by atoms with E-state index in [0.29, 0.717) is 12.1 Å². The Hall–Kier alpha value is -2.86. The first-order chi connectivity index (χ1) is 11.0. The summed E-state index contributed by atoms with van der Waals surface area (Å²) in [6.45, 7) is 0.120. The number of esters is 1. The van der Waals surface area contributed by atoms with Crippen molar-refractivity contribution in [2.75, 3.05) is 0 Å². The summed E-state index contributed by atoms with van der Waals surface area (Å²) in [6, 6.07) is 16.0. The SMILES string of the molecule is NC(N)=Nc1cccc(COC(=O)[C@@H](N)Cc2ccccc2)c1. The van der Waals surface area contributed by atoms with Crippen molar-refractivity contribution < 1.29 is 9.53 Å². The lowest BCUT2D eigenvalue weighted by Gasteiger charge is -2.12. The molecule has 2 aromatic carbocycles. The van der Waals surface area contributed by atoms with Gasteiger partial charge in [-0.1, -0.05) is 42.5 Å². The van der Waals surface area contributed by atoms with Crippen LogP contribution in [-0.2, 0) is 22.6 Å². The zero-order valence-corrected chi connectivity index (χ0v) is 12.7. The molecule has 0 aliphatic carbocycles. The summed E-state index contributed by atoms with van der Waals surface area (Å²) in [6.07, 6.45) is 0.438. The lowest BCUT2D eigenvalue weighted by Crippen LogP contribution is -2.34. The second kappa shape index (κ2) is 7.95. The van der Waals surface area contributed by atoms with Crippen molar-refractivity contribution in [1.82, 2.24) is 0 Å². The predicted molar refractivity (Wildman–Crippen MR) is 89.8 cm³/mol. The van der Waals surface area contributed by atoms with Gasteiger partial charge in [-0.3, -0.25) is 4.79 Å². The largest absolute Gasteiger partial charge is 0.460 e. The van der Waals surface area contributed by atoms with Crippen molar-refractivity contribution >= 4 is 17.6 Å². The van der Waals surface area contributed by atoms with Gasteiger partial charge in [0.25, 0.3) is 0 Å². The number of carbonyl (C=O) groups is 1. The Morgan fingerprint density at radius 2 is 1.74 bits per heavy atom. The number of guanidine groups is 1. The molecule has 0 amide bonds. The molecule has 120 valence electrons. The van der Waals surface area contributed by atoms with Crippen molar-refractivity contribution in [2.45, 2.75) is 19.1 Å². The lowest BCUT2D eigenvalue weighted by atomic mass is 10.1. The first-order valence-electron chi connectivity index (χ1n) is 7.19. The van der Waals surface area contributed by atoms with Gasteiger partial charge < -0.3 is 21.9 Å². The topological polar surface area (TPSA) is 117 Å². The summed E-state index contributed by atoms with van der Waals surface area (Å²) in [5.74, 6) is -0.467. The number of aliphatic imine (C=N–C) groups is 1. The number of hydrogen-bond donors (Lipinski definition) is 3. The van der Waals surface area contributed by atoms with E-state index in [1.807, 2.05) is 36.4 Å². The van der Waals surface area contributed by atoms with Gasteiger partial charge in [0.05, 0.1) is 5.69 Å². The van der Waals surface area contributed by atoms with Crippen molar-refractivity contribution in [3.8, 4) is 0 Å². The van der Waals surface area contributed by atoms with Crippen LogP contribution < -0.4 is 17.2 Å². The number of ether oxygens (including phenoxy) is 1. The fourth-order valence-corrected chi connectivity index (χ4v) is 2.08. The zero-order chi connectivity index (χ0) is 16.7. The van der Waals surface area contributed by atoms with Crippen molar-refractivity contribution in [1.29, 1.82) is 0 Å². The van der Waals surface area contributed by atoms with Gasteiger partial charge >= 0.3 is 5.97 Å². The van der Waals surface area contributed by atoms with Crippen LogP contribution >= 0.6 is 0 Å². The van der Waals surface area contributed by atoms with Crippen LogP contribution in [0.25, 0.3) is 0 Å². The molecule has 0 saturated carbocycles. The fourth-order valence-electron chi connectivity index (χ4n) is 2.08. The molecular weight excluding hydrogens is 292 g/mol. The standard InChI is InChI=1S/C17H20N4O2/c18-15(10-12-5-2-1-3-6-12)16(22)23-11-13-7-4-8-14(9-13)21-17(19)20/h1-9,15H,10-11,18H2,(H4,19,20,21)/t15-/m0/s1. The highest BCUT2D eigenvalue weighted by Crippen LogP contribution is 2.15. The molecule has 0 radical (unpaired) electrons. The number of benzene rings is 2. The van der Waals surface area contributed by atoms with Gasteiger partial charge in [-0.05, 0) is 29.7 Å². The maximum Gasteiger partial charge on any atom is 0.323 e. The maximum atomic E-state index is 12.0. The van der Waals surface area contributed by atoms with Crippen molar-refractivity contribution in [2.24, 2.45) is 22.2 Å². The van der Waals surface area contributed by atoms with Gasteiger partial charge in [0, 0.05) is 0 Å².